The van der Waals surface area contributed by atoms with Crippen LogP contribution in [0.4, 0.5) is 0 Å². The molecule has 4 N–H and O–H groups in total. The number of hydrogen-bond donors (Lipinski definition) is 2. The van der Waals surface area contributed by atoms with Crippen LogP contribution in [0.15, 0.2) is 0 Å². The van der Waals surface area contributed by atoms with Crippen molar-refractivity contribution in [3.8, 4) is 0 Å². The van der Waals surface area contributed by atoms with Crippen LogP contribution in [0.3, 0.4) is 0 Å². The van der Waals surface area contributed by atoms with Gasteiger partial charge >= 0.3 is 0 Å². The van der Waals surface area contributed by atoms with Crippen molar-refractivity contribution in [2.75, 3.05) is 0 Å². The molecule has 9 heavy (non-hydrogen) atoms. The van der Waals surface area contributed by atoms with Crippen molar-refractivity contribution in [1.82, 2.24) is 0 Å². The van der Waals surface area contributed by atoms with Crippen molar-refractivity contribution in [3.63, 3.8) is 0 Å². The van der Waals surface area contributed by atoms with Crippen LogP contribution in [0, 0.1) is 0 Å². The predicted molar refractivity (Wildman–Crippen MR) is 37.8 cm³/mol. The van der Waals surface area contributed by atoms with Crippen molar-refractivity contribution in [2.45, 2.75) is 39.1 Å². The van der Waals surface area contributed by atoms with Crippen LogP contribution in [-0.4, -0.2) is 18.4 Å². The van der Waals surface area contributed by atoms with Crippen LogP contribution in [-0.2, 0) is 4.74 Å². The Morgan fingerprint density at radius 2 is 1.56 bits per heavy atom. The summed E-state index contributed by atoms with van der Waals surface area (Å²) in [5, 5.41) is 0. The van der Waals surface area contributed by atoms with Crippen molar-refractivity contribution in [1.29, 1.82) is 0 Å². The fraction of sp³-hybridized carbons (Fsp3) is 1.00. The van der Waals surface area contributed by atoms with Crippen molar-refractivity contribution in [3.05, 3.63) is 0 Å². The Morgan fingerprint density at radius 1 is 1.11 bits per heavy atom. The highest BCUT2D eigenvalue weighted by Gasteiger charge is 2.08. The topological polar surface area (TPSA) is 61.3 Å². The zero-order chi connectivity index (χ0) is 7.44. The Morgan fingerprint density at radius 3 is 1.67 bits per heavy atom. The molecule has 0 saturated carbocycles. The minimum absolute atomic E-state index is 0.0904. The van der Waals surface area contributed by atoms with E-state index in [1.165, 1.54) is 0 Å². The van der Waals surface area contributed by atoms with Gasteiger partial charge in [0.25, 0.3) is 0 Å². The standard InChI is InChI=1S/C6H16N2O/c1-4(2)9-6(8)5(3)7/h4-6H,7-8H2,1-3H3. The molecule has 3 heteroatoms. The molecule has 0 aliphatic rings. The Labute approximate surface area is 56.4 Å². The summed E-state index contributed by atoms with van der Waals surface area (Å²) in [5.41, 5.74) is 10.9. The first-order valence-electron chi connectivity index (χ1n) is 3.20. The van der Waals surface area contributed by atoms with Gasteiger partial charge in [0.2, 0.25) is 0 Å². The molecule has 0 bridgehead atoms. The molecular formula is C6H16N2O. The number of ether oxygens (including phenoxy) is 1. The van der Waals surface area contributed by atoms with Gasteiger partial charge in [-0.05, 0) is 20.8 Å². The molecule has 0 aliphatic heterocycles. The molecule has 0 amide bonds. The van der Waals surface area contributed by atoms with Gasteiger partial charge in [-0.25, -0.2) is 0 Å². The highest BCUT2D eigenvalue weighted by Crippen LogP contribution is 1.93. The van der Waals surface area contributed by atoms with Gasteiger partial charge in [0.15, 0.2) is 0 Å². The summed E-state index contributed by atoms with van der Waals surface area (Å²) in [6, 6.07) is -0.0904. The lowest BCUT2D eigenvalue weighted by Crippen LogP contribution is -2.42. The van der Waals surface area contributed by atoms with Crippen molar-refractivity contribution < 1.29 is 4.74 Å². The molecule has 0 aliphatic carbocycles. The second kappa shape index (κ2) is 3.82. The summed E-state index contributed by atoms with van der Waals surface area (Å²) in [4.78, 5) is 0. The SMILES string of the molecule is CC(C)OC(N)C(C)N. The minimum Gasteiger partial charge on any atom is -0.359 e. The van der Waals surface area contributed by atoms with Crippen LogP contribution in [0.2, 0.25) is 0 Å². The normalized spacial score (nSPS) is 18.0. The van der Waals surface area contributed by atoms with Gasteiger partial charge in [0, 0.05) is 6.04 Å². The van der Waals surface area contributed by atoms with E-state index >= 15 is 0 Å². The molecule has 0 aromatic carbocycles. The van der Waals surface area contributed by atoms with Gasteiger partial charge in [-0.15, -0.1) is 0 Å². The highest BCUT2D eigenvalue weighted by atomic mass is 16.5. The Balaban J connectivity index is 3.38. The summed E-state index contributed by atoms with van der Waals surface area (Å²) in [6.45, 7) is 5.69. The molecule has 0 radical (unpaired) electrons. The van der Waals surface area contributed by atoms with Gasteiger partial charge in [0.05, 0.1) is 6.10 Å². The molecule has 0 fully saturated rings. The number of nitrogens with two attached hydrogens (primary N) is 2. The van der Waals surface area contributed by atoms with Gasteiger partial charge < -0.3 is 16.2 Å². The number of hydrogen-bond acceptors (Lipinski definition) is 3. The van der Waals surface area contributed by atoms with E-state index in [0.717, 1.165) is 0 Å². The van der Waals surface area contributed by atoms with Crippen molar-refractivity contribution in [2.24, 2.45) is 11.5 Å². The average Bonchev–Trinajstić information content (AvgIpc) is 1.63. The summed E-state index contributed by atoms with van der Waals surface area (Å²) >= 11 is 0. The average molecular weight is 132 g/mol. The second-order valence-corrected chi connectivity index (χ2v) is 2.51. The molecule has 0 aromatic rings. The second-order valence-electron chi connectivity index (χ2n) is 2.51. The van der Waals surface area contributed by atoms with Gasteiger partial charge in [-0.2, -0.15) is 0 Å². The van der Waals surface area contributed by atoms with E-state index in [1.54, 1.807) is 0 Å². The van der Waals surface area contributed by atoms with Gasteiger partial charge in [0.1, 0.15) is 6.23 Å². The largest absolute Gasteiger partial charge is 0.359 e. The molecule has 2 unspecified atom stereocenters. The van der Waals surface area contributed by atoms with E-state index in [9.17, 15) is 0 Å². The molecule has 2 atom stereocenters. The molecule has 0 rings (SSSR count). The lowest BCUT2D eigenvalue weighted by molar-refractivity contribution is 0.000538. The first kappa shape index (κ1) is 8.88. The van der Waals surface area contributed by atoms with E-state index in [0.29, 0.717) is 0 Å². The molecule has 0 heterocycles. The predicted octanol–water partition coefficient (Wildman–Crippen LogP) is 0.0434. The highest BCUT2D eigenvalue weighted by molar-refractivity contribution is 4.61. The zero-order valence-corrected chi connectivity index (χ0v) is 6.29. The Bertz CT molecular complexity index is 73.5. The van der Waals surface area contributed by atoms with Crippen LogP contribution in [0.25, 0.3) is 0 Å². The lowest BCUT2D eigenvalue weighted by atomic mass is 10.3. The van der Waals surface area contributed by atoms with E-state index in [1.807, 2.05) is 20.8 Å². The van der Waals surface area contributed by atoms with E-state index in [2.05, 4.69) is 0 Å². The first-order chi connectivity index (χ1) is 4.04. The zero-order valence-electron chi connectivity index (χ0n) is 6.29. The first-order valence-corrected chi connectivity index (χ1v) is 3.20. The molecule has 3 nitrogen and oxygen atoms in total. The maximum atomic E-state index is 5.47. The molecular weight excluding hydrogens is 116 g/mol. The summed E-state index contributed by atoms with van der Waals surface area (Å²) < 4.78 is 5.16. The Hall–Kier alpha value is -0.120. The fourth-order valence-electron chi connectivity index (χ4n) is 0.438. The van der Waals surface area contributed by atoms with E-state index in [-0.39, 0.29) is 18.4 Å². The third kappa shape index (κ3) is 4.39. The number of rotatable bonds is 3. The Kier molecular flexibility index (Phi) is 3.77. The van der Waals surface area contributed by atoms with Crippen molar-refractivity contribution >= 4 is 0 Å². The smallest absolute Gasteiger partial charge is 0.120 e. The maximum absolute atomic E-state index is 5.47. The van der Waals surface area contributed by atoms with E-state index < -0.39 is 0 Å². The van der Waals surface area contributed by atoms with Gasteiger partial charge in [-0.3, -0.25) is 0 Å². The van der Waals surface area contributed by atoms with Gasteiger partial charge in [-0.1, -0.05) is 0 Å². The fourth-order valence-corrected chi connectivity index (χ4v) is 0.438. The summed E-state index contributed by atoms with van der Waals surface area (Å²) in [7, 11) is 0. The monoisotopic (exact) mass is 132 g/mol. The third-order valence-corrected chi connectivity index (χ3v) is 0.948. The van der Waals surface area contributed by atoms with Crippen LogP contribution in [0.1, 0.15) is 20.8 Å². The molecule has 0 spiro atoms. The third-order valence-electron chi connectivity index (χ3n) is 0.948. The summed E-state index contributed by atoms with van der Waals surface area (Å²) in [6.07, 6.45) is -0.170. The maximum Gasteiger partial charge on any atom is 0.120 e. The minimum atomic E-state index is -0.329. The van der Waals surface area contributed by atoms with Crippen LogP contribution >= 0.6 is 0 Å². The quantitative estimate of drug-likeness (QED) is 0.533. The molecule has 0 aromatic heterocycles. The summed E-state index contributed by atoms with van der Waals surface area (Å²) in [5.74, 6) is 0. The van der Waals surface area contributed by atoms with E-state index in [4.69, 9.17) is 16.2 Å². The van der Waals surface area contributed by atoms with Crippen LogP contribution < -0.4 is 11.5 Å². The lowest BCUT2D eigenvalue weighted by Gasteiger charge is -2.18. The van der Waals surface area contributed by atoms with Crippen LogP contribution in [0.5, 0.6) is 0 Å². The molecule has 0 saturated heterocycles. The molecule has 56 valence electrons.